The molecule has 1 aromatic carbocycles. The average molecular weight is 377 g/mol. The Kier molecular flexibility index (Phi) is 5.08. The number of para-hydroxylation sites is 1. The predicted molar refractivity (Wildman–Crippen MR) is 106 cm³/mol. The number of rotatable bonds is 4. The van der Waals surface area contributed by atoms with Gasteiger partial charge in [0.25, 0.3) is 5.91 Å². The van der Waals surface area contributed by atoms with Gasteiger partial charge in [0.15, 0.2) is 0 Å². The van der Waals surface area contributed by atoms with Crippen molar-refractivity contribution in [1.29, 1.82) is 0 Å². The zero-order chi connectivity index (χ0) is 19.5. The molecule has 7 heteroatoms. The molecule has 0 bridgehead atoms. The third-order valence-corrected chi connectivity index (χ3v) is 4.83. The van der Waals surface area contributed by atoms with Gasteiger partial charge in [-0.2, -0.15) is 0 Å². The number of ether oxygens (including phenoxy) is 1. The molecule has 144 valence electrons. The minimum atomic E-state index is -0.0519. The summed E-state index contributed by atoms with van der Waals surface area (Å²) in [4.78, 5) is 26.0. The lowest BCUT2D eigenvalue weighted by Gasteiger charge is -2.32. The van der Waals surface area contributed by atoms with Gasteiger partial charge in [-0.15, -0.1) is 0 Å². The van der Waals surface area contributed by atoms with Gasteiger partial charge in [-0.05, 0) is 31.7 Å². The van der Waals surface area contributed by atoms with E-state index in [-0.39, 0.29) is 5.91 Å². The van der Waals surface area contributed by atoms with Crippen LogP contribution in [-0.4, -0.2) is 64.2 Å². The third kappa shape index (κ3) is 3.61. The maximum atomic E-state index is 13.1. The van der Waals surface area contributed by atoms with Crippen LogP contribution < -0.4 is 4.74 Å². The largest absolute Gasteiger partial charge is 0.481 e. The van der Waals surface area contributed by atoms with Crippen molar-refractivity contribution in [1.82, 2.24) is 24.3 Å². The van der Waals surface area contributed by atoms with Crippen LogP contribution in [0.3, 0.4) is 0 Å². The molecule has 0 atom stereocenters. The fourth-order valence-electron chi connectivity index (χ4n) is 3.40. The molecule has 1 saturated heterocycles. The first-order chi connectivity index (χ1) is 13.7. The molecule has 7 nitrogen and oxygen atoms in total. The van der Waals surface area contributed by atoms with Crippen LogP contribution in [0.25, 0.3) is 17.1 Å². The Bertz CT molecular complexity index is 953. The molecule has 3 aromatic rings. The van der Waals surface area contributed by atoms with Crippen molar-refractivity contribution in [2.45, 2.75) is 6.42 Å². The van der Waals surface area contributed by atoms with Crippen molar-refractivity contribution in [2.75, 3.05) is 33.9 Å². The van der Waals surface area contributed by atoms with E-state index in [9.17, 15) is 4.79 Å². The molecule has 0 radical (unpaired) electrons. The SMILES string of the molecule is COc1ccc(-c2nc(C(=O)N3CCCN(C)C3)cn2-c2ccccc2)cn1. The number of hydrogen-bond donors (Lipinski definition) is 0. The Hall–Kier alpha value is -3.19. The highest BCUT2D eigenvalue weighted by molar-refractivity contribution is 5.93. The van der Waals surface area contributed by atoms with E-state index >= 15 is 0 Å². The fraction of sp³-hybridized carbons (Fsp3) is 0.286. The first kappa shape index (κ1) is 18.2. The molecule has 1 aliphatic heterocycles. The van der Waals surface area contributed by atoms with Crippen molar-refractivity contribution in [3.05, 3.63) is 60.6 Å². The zero-order valence-electron chi connectivity index (χ0n) is 16.1. The average Bonchev–Trinajstić information content (AvgIpc) is 3.19. The Labute approximate surface area is 164 Å². The Morgan fingerprint density at radius 1 is 1.11 bits per heavy atom. The lowest BCUT2D eigenvalue weighted by Crippen LogP contribution is -2.45. The maximum Gasteiger partial charge on any atom is 0.275 e. The summed E-state index contributed by atoms with van der Waals surface area (Å²) in [6.45, 7) is 2.38. The summed E-state index contributed by atoms with van der Waals surface area (Å²) in [5.74, 6) is 1.16. The molecule has 0 N–H and O–H groups in total. The highest BCUT2D eigenvalue weighted by Gasteiger charge is 2.24. The zero-order valence-corrected chi connectivity index (χ0v) is 16.1. The number of carbonyl (C=O) groups is 1. The van der Waals surface area contributed by atoms with Crippen LogP contribution in [0.4, 0.5) is 0 Å². The van der Waals surface area contributed by atoms with E-state index in [0.29, 0.717) is 24.1 Å². The van der Waals surface area contributed by atoms with Gasteiger partial charge in [-0.3, -0.25) is 14.3 Å². The molecule has 1 aliphatic rings. The first-order valence-electron chi connectivity index (χ1n) is 9.29. The number of pyridine rings is 1. The van der Waals surface area contributed by atoms with Crippen LogP contribution in [0.1, 0.15) is 16.9 Å². The summed E-state index contributed by atoms with van der Waals surface area (Å²) in [6, 6.07) is 13.6. The molecule has 0 saturated carbocycles. The molecule has 28 heavy (non-hydrogen) atoms. The van der Waals surface area contributed by atoms with E-state index in [1.165, 1.54) is 0 Å². The van der Waals surface area contributed by atoms with E-state index in [1.54, 1.807) is 19.4 Å². The van der Waals surface area contributed by atoms with Crippen LogP contribution >= 0.6 is 0 Å². The van der Waals surface area contributed by atoms with E-state index in [4.69, 9.17) is 4.74 Å². The molecular weight excluding hydrogens is 354 g/mol. The fourth-order valence-corrected chi connectivity index (χ4v) is 3.40. The van der Waals surface area contributed by atoms with Gasteiger partial charge in [0.1, 0.15) is 11.5 Å². The maximum absolute atomic E-state index is 13.1. The number of aromatic nitrogens is 3. The summed E-state index contributed by atoms with van der Waals surface area (Å²) >= 11 is 0. The van der Waals surface area contributed by atoms with Gasteiger partial charge in [0.2, 0.25) is 5.88 Å². The molecule has 3 heterocycles. The third-order valence-electron chi connectivity index (χ3n) is 4.83. The number of carbonyl (C=O) groups excluding carboxylic acids is 1. The van der Waals surface area contributed by atoms with E-state index < -0.39 is 0 Å². The van der Waals surface area contributed by atoms with Gasteiger partial charge in [-0.1, -0.05) is 18.2 Å². The van der Waals surface area contributed by atoms with Gasteiger partial charge in [0.05, 0.1) is 13.8 Å². The van der Waals surface area contributed by atoms with Crippen LogP contribution in [0.5, 0.6) is 5.88 Å². The number of imidazole rings is 1. The molecule has 0 unspecified atom stereocenters. The molecule has 1 fully saturated rings. The highest BCUT2D eigenvalue weighted by Crippen LogP contribution is 2.24. The number of methoxy groups -OCH3 is 1. The van der Waals surface area contributed by atoms with Crippen LogP contribution in [0, 0.1) is 0 Å². The quantitative estimate of drug-likeness (QED) is 0.700. The Morgan fingerprint density at radius 2 is 1.93 bits per heavy atom. The molecule has 1 amide bonds. The van der Waals surface area contributed by atoms with Crippen molar-refractivity contribution in [3.8, 4) is 23.0 Å². The van der Waals surface area contributed by atoms with Crippen molar-refractivity contribution in [3.63, 3.8) is 0 Å². The second kappa shape index (κ2) is 7.82. The van der Waals surface area contributed by atoms with Gasteiger partial charge in [-0.25, -0.2) is 9.97 Å². The molecular formula is C21H23N5O2. The molecule has 2 aromatic heterocycles. The topological polar surface area (TPSA) is 63.5 Å². The minimum absolute atomic E-state index is 0.0519. The van der Waals surface area contributed by atoms with Crippen molar-refractivity contribution in [2.24, 2.45) is 0 Å². The summed E-state index contributed by atoms with van der Waals surface area (Å²) in [5.41, 5.74) is 2.19. The van der Waals surface area contributed by atoms with Crippen molar-refractivity contribution >= 4 is 5.91 Å². The van der Waals surface area contributed by atoms with Crippen molar-refractivity contribution < 1.29 is 9.53 Å². The first-order valence-corrected chi connectivity index (χ1v) is 9.29. The van der Waals surface area contributed by atoms with Gasteiger partial charge >= 0.3 is 0 Å². The summed E-state index contributed by atoms with van der Waals surface area (Å²) < 4.78 is 7.08. The van der Waals surface area contributed by atoms with Gasteiger partial charge < -0.3 is 9.64 Å². The molecule has 4 rings (SSSR count). The number of amides is 1. The summed E-state index contributed by atoms with van der Waals surface area (Å²) in [6.07, 6.45) is 4.49. The summed E-state index contributed by atoms with van der Waals surface area (Å²) in [5, 5.41) is 0. The number of benzene rings is 1. The Balaban J connectivity index is 1.74. The normalized spacial score (nSPS) is 14.9. The van der Waals surface area contributed by atoms with Crippen LogP contribution in [0.15, 0.2) is 54.9 Å². The Morgan fingerprint density at radius 3 is 2.61 bits per heavy atom. The molecule has 0 spiro atoms. The second-order valence-corrected chi connectivity index (χ2v) is 6.89. The van der Waals surface area contributed by atoms with E-state index in [0.717, 1.165) is 30.8 Å². The minimum Gasteiger partial charge on any atom is -0.481 e. The predicted octanol–water partition coefficient (Wildman–Crippen LogP) is 2.68. The smallest absolute Gasteiger partial charge is 0.275 e. The van der Waals surface area contributed by atoms with E-state index in [1.807, 2.05) is 59.1 Å². The summed E-state index contributed by atoms with van der Waals surface area (Å²) in [7, 11) is 3.61. The lowest BCUT2D eigenvalue weighted by molar-refractivity contribution is 0.0550. The number of hydrogen-bond acceptors (Lipinski definition) is 5. The van der Waals surface area contributed by atoms with Crippen LogP contribution in [-0.2, 0) is 0 Å². The van der Waals surface area contributed by atoms with Gasteiger partial charge in [0, 0.05) is 42.8 Å². The van der Waals surface area contributed by atoms with E-state index in [2.05, 4.69) is 14.9 Å². The second-order valence-electron chi connectivity index (χ2n) is 6.89. The van der Waals surface area contributed by atoms with Crippen LogP contribution in [0.2, 0.25) is 0 Å². The standard InChI is InChI=1S/C21H23N5O2/c1-24-11-6-12-25(15-24)21(27)18-14-26(17-7-4-3-5-8-17)20(23-18)16-9-10-19(28-2)22-13-16/h3-5,7-10,13-14H,6,11-12,15H2,1-2H3. The monoisotopic (exact) mass is 377 g/mol. The highest BCUT2D eigenvalue weighted by atomic mass is 16.5. The number of nitrogens with zero attached hydrogens (tertiary/aromatic N) is 5. The lowest BCUT2D eigenvalue weighted by atomic mass is 10.2. The molecule has 0 aliphatic carbocycles.